The molecule has 2 aliphatic heterocycles. The number of nitrogens with one attached hydrogen (secondary N) is 1. The Kier molecular flexibility index (Phi) is 8.78. The molecule has 0 spiro atoms. The Morgan fingerprint density at radius 2 is 1.83 bits per heavy atom. The van der Waals surface area contributed by atoms with Gasteiger partial charge in [-0.25, -0.2) is 4.99 Å². The number of aryl methyl sites for hydroxylation is 1. The van der Waals surface area contributed by atoms with E-state index in [0.717, 1.165) is 48.3 Å². The first kappa shape index (κ1) is 25.9. The van der Waals surface area contributed by atoms with Crippen molar-refractivity contribution in [2.75, 3.05) is 32.9 Å². The van der Waals surface area contributed by atoms with Gasteiger partial charge in [0.05, 0.1) is 11.4 Å². The normalized spacial score (nSPS) is 18.1. The number of aliphatic imine (C=N–C) groups is 1. The maximum atomic E-state index is 6.55. The number of aromatic nitrogens is 1. The summed E-state index contributed by atoms with van der Waals surface area (Å²) in [4.78, 5) is 13.6. The van der Waals surface area contributed by atoms with Crippen molar-refractivity contribution in [2.45, 2.75) is 31.1 Å². The van der Waals surface area contributed by atoms with Crippen LogP contribution in [0.5, 0.6) is 0 Å². The van der Waals surface area contributed by atoms with Crippen LogP contribution in [-0.4, -0.2) is 53.6 Å². The van der Waals surface area contributed by atoms with Gasteiger partial charge < -0.3 is 26.3 Å². The van der Waals surface area contributed by atoms with Gasteiger partial charge in [-0.3, -0.25) is 0 Å². The molecule has 190 valence electrons. The number of aromatic amines is 1. The van der Waals surface area contributed by atoms with Crippen LogP contribution in [0, 0.1) is 5.92 Å². The highest BCUT2D eigenvalue weighted by Gasteiger charge is 2.25. The van der Waals surface area contributed by atoms with Gasteiger partial charge in [-0.2, -0.15) is 0 Å². The first-order valence-corrected chi connectivity index (χ1v) is 13.9. The number of fused-ring (bicyclic) bond motifs is 1. The molecule has 0 radical (unpaired) electrons. The zero-order chi connectivity index (χ0) is 25.5. The second-order valence-corrected chi connectivity index (χ2v) is 10.3. The number of hydrogen-bond donors (Lipinski definition) is 3. The average Bonchev–Trinajstić information content (AvgIpc) is 3.35. The second-order valence-electron chi connectivity index (χ2n) is 9.41. The highest BCUT2D eigenvalue weighted by Crippen LogP contribution is 2.26. The van der Waals surface area contributed by atoms with Gasteiger partial charge in [0.15, 0.2) is 0 Å². The Hall–Kier alpha value is -3.16. The number of benzene rings is 2. The van der Waals surface area contributed by atoms with E-state index in [1.54, 1.807) is 6.20 Å². The van der Waals surface area contributed by atoms with Crippen molar-refractivity contribution < 1.29 is 0 Å². The van der Waals surface area contributed by atoms with Crippen molar-refractivity contribution in [2.24, 2.45) is 22.4 Å². The molecule has 0 aliphatic carbocycles. The van der Waals surface area contributed by atoms with Crippen LogP contribution in [0.4, 0.5) is 0 Å². The van der Waals surface area contributed by atoms with E-state index in [1.807, 2.05) is 36.2 Å². The standard InChI is InChI=1S/C20H26N6.C9H12S/c1-25-9-6-14(7-10-25)13-26-11-8-23-20(22)19(26)18(21)17-12-15-4-2-3-5-16(15)24-17;1-3-8-6-4-5-7-9(8)10-2/h2-5,8,11-12,14,24H,6-7,9-10,13,21H2,1H3,(H2,22,23);4-7H,3H2,1-2H3/b19-18-;. The highest BCUT2D eigenvalue weighted by atomic mass is 32.2. The number of hydrogen-bond acceptors (Lipinski definition) is 6. The Morgan fingerprint density at radius 3 is 2.53 bits per heavy atom. The summed E-state index contributed by atoms with van der Waals surface area (Å²) in [5.41, 5.74) is 17.6. The zero-order valence-corrected chi connectivity index (χ0v) is 22.4. The molecule has 5 N–H and O–H groups in total. The molecule has 0 unspecified atom stereocenters. The van der Waals surface area contributed by atoms with Gasteiger partial charge in [-0.15, -0.1) is 11.8 Å². The molecule has 6 nitrogen and oxygen atoms in total. The van der Waals surface area contributed by atoms with Crippen LogP contribution in [0.3, 0.4) is 0 Å². The summed E-state index contributed by atoms with van der Waals surface area (Å²) in [6.07, 6.45) is 9.38. The number of likely N-dealkylation sites (tertiary alicyclic amines) is 1. The molecule has 5 rings (SSSR count). The number of nitrogens with two attached hydrogens (primary N) is 2. The van der Waals surface area contributed by atoms with Gasteiger partial charge in [0.1, 0.15) is 11.5 Å². The van der Waals surface area contributed by atoms with Gasteiger partial charge >= 0.3 is 0 Å². The predicted octanol–water partition coefficient (Wildman–Crippen LogP) is 5.25. The van der Waals surface area contributed by atoms with Crippen LogP contribution >= 0.6 is 11.8 Å². The van der Waals surface area contributed by atoms with E-state index >= 15 is 0 Å². The molecule has 3 aromatic rings. The minimum absolute atomic E-state index is 0.469. The van der Waals surface area contributed by atoms with Crippen molar-refractivity contribution in [3.05, 3.63) is 84.0 Å². The maximum absolute atomic E-state index is 6.55. The third kappa shape index (κ3) is 6.15. The van der Waals surface area contributed by atoms with Crippen LogP contribution in [0.25, 0.3) is 16.6 Å². The number of piperidine rings is 1. The topological polar surface area (TPSA) is 86.7 Å². The lowest BCUT2D eigenvalue weighted by Gasteiger charge is -2.34. The first-order valence-electron chi connectivity index (χ1n) is 12.7. The lowest BCUT2D eigenvalue weighted by atomic mass is 9.96. The molecular formula is C29H38N6S. The zero-order valence-electron chi connectivity index (χ0n) is 21.6. The molecule has 3 heterocycles. The van der Waals surface area contributed by atoms with Crippen LogP contribution < -0.4 is 11.5 Å². The number of rotatable bonds is 5. The molecule has 0 saturated carbocycles. The highest BCUT2D eigenvalue weighted by molar-refractivity contribution is 7.98. The van der Waals surface area contributed by atoms with Crippen molar-refractivity contribution in [3.63, 3.8) is 0 Å². The fourth-order valence-corrected chi connectivity index (χ4v) is 5.47. The Balaban J connectivity index is 0.000000256. The first-order chi connectivity index (χ1) is 17.5. The molecule has 0 amide bonds. The Morgan fingerprint density at radius 1 is 1.11 bits per heavy atom. The van der Waals surface area contributed by atoms with Crippen LogP contribution in [-0.2, 0) is 6.42 Å². The average molecular weight is 503 g/mol. The quantitative estimate of drug-likeness (QED) is 0.415. The molecule has 2 aromatic carbocycles. The van der Waals surface area contributed by atoms with E-state index in [0.29, 0.717) is 17.5 Å². The monoisotopic (exact) mass is 502 g/mol. The molecule has 0 bridgehead atoms. The fraction of sp³-hybridized carbons (Fsp3) is 0.345. The maximum Gasteiger partial charge on any atom is 0.149 e. The molecule has 2 aliphatic rings. The van der Waals surface area contributed by atoms with E-state index < -0.39 is 0 Å². The molecule has 1 aromatic heterocycles. The Labute approximate surface area is 219 Å². The summed E-state index contributed by atoms with van der Waals surface area (Å²) in [6, 6.07) is 18.8. The SMILES string of the molecule is CCc1ccccc1SC.CN1CCC(CN2C=CN=C(N)/C2=C(/N)c2cc3ccccc3[nH]2)CC1. The lowest BCUT2D eigenvalue weighted by molar-refractivity contribution is 0.198. The van der Waals surface area contributed by atoms with E-state index in [4.69, 9.17) is 11.5 Å². The van der Waals surface area contributed by atoms with Gasteiger partial charge in [0, 0.05) is 34.7 Å². The van der Waals surface area contributed by atoms with Gasteiger partial charge in [-0.05, 0) is 75.3 Å². The number of nitrogens with zero attached hydrogens (tertiary/aromatic N) is 3. The third-order valence-electron chi connectivity index (χ3n) is 6.93. The van der Waals surface area contributed by atoms with Crippen molar-refractivity contribution in [1.82, 2.24) is 14.8 Å². The van der Waals surface area contributed by atoms with E-state index in [-0.39, 0.29) is 0 Å². The van der Waals surface area contributed by atoms with Gasteiger partial charge in [0.25, 0.3) is 0 Å². The third-order valence-corrected chi connectivity index (χ3v) is 7.77. The van der Waals surface area contributed by atoms with Crippen molar-refractivity contribution >= 4 is 34.2 Å². The minimum Gasteiger partial charge on any atom is -0.395 e. The number of thioether (sulfide) groups is 1. The molecule has 36 heavy (non-hydrogen) atoms. The Bertz CT molecular complexity index is 1190. The minimum atomic E-state index is 0.469. The smallest absolute Gasteiger partial charge is 0.149 e. The van der Waals surface area contributed by atoms with E-state index in [1.165, 1.54) is 23.3 Å². The summed E-state index contributed by atoms with van der Waals surface area (Å²) in [6.45, 7) is 5.39. The second kappa shape index (κ2) is 12.2. The molecular weight excluding hydrogens is 464 g/mol. The predicted molar refractivity (Wildman–Crippen MR) is 155 cm³/mol. The summed E-state index contributed by atoms with van der Waals surface area (Å²) >= 11 is 1.82. The molecule has 7 heteroatoms. The summed E-state index contributed by atoms with van der Waals surface area (Å²) in [7, 11) is 2.18. The molecule has 0 atom stereocenters. The van der Waals surface area contributed by atoms with E-state index in [2.05, 4.69) is 76.4 Å². The van der Waals surface area contributed by atoms with Crippen molar-refractivity contribution in [1.29, 1.82) is 0 Å². The number of amidine groups is 1. The van der Waals surface area contributed by atoms with Crippen molar-refractivity contribution in [3.8, 4) is 0 Å². The van der Waals surface area contributed by atoms with Gasteiger partial charge in [0.2, 0.25) is 0 Å². The van der Waals surface area contributed by atoms with E-state index in [9.17, 15) is 0 Å². The summed E-state index contributed by atoms with van der Waals surface area (Å²) in [5.74, 6) is 1.10. The fourth-order valence-electron chi connectivity index (χ4n) is 4.79. The number of para-hydroxylation sites is 1. The summed E-state index contributed by atoms with van der Waals surface area (Å²) in [5, 5.41) is 1.13. The molecule has 1 saturated heterocycles. The van der Waals surface area contributed by atoms with Crippen LogP contribution in [0.1, 0.15) is 31.0 Å². The lowest BCUT2D eigenvalue weighted by Crippen LogP contribution is -2.39. The van der Waals surface area contributed by atoms with Crippen LogP contribution in [0.15, 0.2) is 82.6 Å². The molecule has 1 fully saturated rings. The largest absolute Gasteiger partial charge is 0.395 e. The van der Waals surface area contributed by atoms with Gasteiger partial charge in [-0.1, -0.05) is 43.3 Å². The summed E-state index contributed by atoms with van der Waals surface area (Å²) < 4.78 is 0. The van der Waals surface area contributed by atoms with Crippen LogP contribution in [0.2, 0.25) is 0 Å². The number of H-pyrrole nitrogens is 1.